The van der Waals surface area contributed by atoms with E-state index in [0.29, 0.717) is 18.1 Å². The van der Waals surface area contributed by atoms with Crippen molar-refractivity contribution in [3.63, 3.8) is 0 Å². The van der Waals surface area contributed by atoms with Gasteiger partial charge < -0.3 is 15.0 Å². The number of hydrogen-bond acceptors (Lipinski definition) is 6. The van der Waals surface area contributed by atoms with Gasteiger partial charge in [0.25, 0.3) is 5.91 Å². The summed E-state index contributed by atoms with van der Waals surface area (Å²) in [6.07, 6.45) is 5.24. The van der Waals surface area contributed by atoms with Gasteiger partial charge in [-0.05, 0) is 59.0 Å². The number of benzene rings is 2. The van der Waals surface area contributed by atoms with Gasteiger partial charge in [-0.2, -0.15) is 0 Å². The number of nitrogens with zero attached hydrogens (tertiary/aromatic N) is 3. The van der Waals surface area contributed by atoms with Crippen molar-refractivity contribution in [2.45, 2.75) is 13.3 Å². The third-order valence-electron chi connectivity index (χ3n) is 5.15. The zero-order valence-corrected chi connectivity index (χ0v) is 18.8. The van der Waals surface area contributed by atoms with E-state index in [0.717, 1.165) is 27.8 Å². The summed E-state index contributed by atoms with van der Waals surface area (Å²) in [5, 5.41) is 10.8. The number of carbonyl (C=O) groups is 2. The molecule has 4 rings (SSSR count). The molecule has 2 aromatic heterocycles. The Balaban J connectivity index is 1.49. The van der Waals surface area contributed by atoms with Crippen molar-refractivity contribution in [1.82, 2.24) is 20.2 Å². The van der Waals surface area contributed by atoms with Crippen LogP contribution >= 0.6 is 0 Å². The Morgan fingerprint density at radius 2 is 1.88 bits per heavy atom. The highest BCUT2D eigenvalue weighted by Crippen LogP contribution is 2.26. The van der Waals surface area contributed by atoms with Gasteiger partial charge in [0.2, 0.25) is 5.82 Å². The van der Waals surface area contributed by atoms with Gasteiger partial charge >= 0.3 is 5.97 Å². The minimum absolute atomic E-state index is 0.115. The molecule has 0 atom stereocenters. The van der Waals surface area contributed by atoms with Gasteiger partial charge in [0, 0.05) is 18.7 Å². The van der Waals surface area contributed by atoms with Crippen molar-refractivity contribution in [1.29, 1.82) is 0 Å². The molecule has 0 saturated heterocycles. The van der Waals surface area contributed by atoms with Crippen molar-refractivity contribution in [2.75, 3.05) is 12.4 Å². The molecule has 8 heteroatoms. The van der Waals surface area contributed by atoms with E-state index in [1.54, 1.807) is 18.3 Å². The first kappa shape index (κ1) is 22.6. The molecule has 0 saturated carbocycles. The molecule has 0 fully saturated rings. The van der Waals surface area contributed by atoms with E-state index in [2.05, 4.69) is 30.2 Å². The average molecular weight is 454 g/mol. The lowest BCUT2D eigenvalue weighted by molar-refractivity contribution is -0.134. The van der Waals surface area contributed by atoms with Crippen molar-refractivity contribution >= 4 is 23.8 Å². The number of methoxy groups -OCH3 is 1. The Morgan fingerprint density at radius 3 is 2.68 bits per heavy atom. The maximum absolute atomic E-state index is 12.7. The third kappa shape index (κ3) is 5.60. The average Bonchev–Trinajstić information content (AvgIpc) is 3.32. The quantitative estimate of drug-likeness (QED) is 0.321. The van der Waals surface area contributed by atoms with Crippen LogP contribution in [0.15, 0.2) is 72.9 Å². The minimum atomic E-state index is -0.428. The third-order valence-corrected chi connectivity index (χ3v) is 5.15. The fraction of sp³-hybridized carbons (Fsp3) is 0.115. The van der Waals surface area contributed by atoms with Crippen LogP contribution in [0.3, 0.4) is 0 Å². The second-order valence-electron chi connectivity index (χ2n) is 7.60. The molecule has 8 nitrogen and oxygen atoms in total. The number of esters is 1. The van der Waals surface area contributed by atoms with E-state index in [9.17, 15) is 9.59 Å². The number of nitrogens with one attached hydrogen (secondary N) is 2. The van der Waals surface area contributed by atoms with E-state index in [1.807, 2.05) is 61.5 Å². The van der Waals surface area contributed by atoms with E-state index < -0.39 is 11.9 Å². The molecule has 34 heavy (non-hydrogen) atoms. The Bertz CT molecular complexity index is 1350. The molecular formula is C26H23N5O3. The van der Waals surface area contributed by atoms with Gasteiger partial charge in [0.15, 0.2) is 0 Å². The number of hydrogen-bond donors (Lipinski definition) is 2. The van der Waals surface area contributed by atoms with Crippen molar-refractivity contribution in [3.8, 4) is 11.1 Å². The number of pyridine rings is 1. The first-order valence-corrected chi connectivity index (χ1v) is 10.6. The van der Waals surface area contributed by atoms with Crippen LogP contribution in [0.1, 0.15) is 33.1 Å². The van der Waals surface area contributed by atoms with Gasteiger partial charge in [-0.3, -0.25) is 4.79 Å². The molecule has 0 aliphatic rings. The summed E-state index contributed by atoms with van der Waals surface area (Å²) >= 11 is 0. The molecule has 0 aliphatic carbocycles. The minimum Gasteiger partial charge on any atom is -0.466 e. The summed E-state index contributed by atoms with van der Waals surface area (Å²) in [5.41, 5.74) is 4.78. The van der Waals surface area contributed by atoms with Gasteiger partial charge in [0.1, 0.15) is 11.6 Å². The summed E-state index contributed by atoms with van der Waals surface area (Å²) in [6, 6.07) is 19.3. The number of aromatic amines is 1. The molecule has 170 valence electrons. The van der Waals surface area contributed by atoms with E-state index in [4.69, 9.17) is 0 Å². The van der Waals surface area contributed by atoms with Crippen LogP contribution < -0.4 is 5.32 Å². The summed E-state index contributed by atoms with van der Waals surface area (Å²) < 4.78 is 4.64. The van der Waals surface area contributed by atoms with E-state index in [-0.39, 0.29) is 5.82 Å². The number of aromatic nitrogens is 4. The van der Waals surface area contributed by atoms with E-state index in [1.165, 1.54) is 13.2 Å². The fourth-order valence-electron chi connectivity index (χ4n) is 3.40. The highest BCUT2D eigenvalue weighted by Gasteiger charge is 2.14. The van der Waals surface area contributed by atoms with Crippen LogP contribution in [0.4, 0.5) is 5.82 Å². The molecule has 2 aromatic carbocycles. The molecule has 0 radical (unpaired) electrons. The normalized spacial score (nSPS) is 10.9. The van der Waals surface area contributed by atoms with Crippen LogP contribution in [0.5, 0.6) is 0 Å². The summed E-state index contributed by atoms with van der Waals surface area (Å²) in [6.45, 7) is 1.99. The first-order chi connectivity index (χ1) is 16.5. The molecule has 1 amide bonds. The summed E-state index contributed by atoms with van der Waals surface area (Å²) in [5.74, 6) is 0.256. The Morgan fingerprint density at radius 1 is 1.06 bits per heavy atom. The molecule has 4 aromatic rings. The Hall–Kier alpha value is -4.59. The lowest BCUT2D eigenvalue weighted by Gasteiger charge is -2.09. The molecule has 0 bridgehead atoms. The largest absolute Gasteiger partial charge is 0.466 e. The molecule has 0 spiro atoms. The molecular weight excluding hydrogens is 430 g/mol. The fourth-order valence-corrected chi connectivity index (χ4v) is 3.40. The number of anilines is 1. The van der Waals surface area contributed by atoms with Gasteiger partial charge in [-0.15, -0.1) is 10.2 Å². The SMILES string of the molecule is COC(=O)C=Cc1ccc(C)c(-c2ccnc(NC(=O)c3nnc(Cc4ccccc4)[nH]3)c2)c1. The lowest BCUT2D eigenvalue weighted by atomic mass is 9.98. The number of amides is 1. The lowest BCUT2D eigenvalue weighted by Crippen LogP contribution is -2.14. The predicted molar refractivity (Wildman–Crippen MR) is 129 cm³/mol. The number of H-pyrrole nitrogens is 1. The smallest absolute Gasteiger partial charge is 0.330 e. The van der Waals surface area contributed by atoms with E-state index >= 15 is 0 Å². The zero-order valence-electron chi connectivity index (χ0n) is 18.8. The Labute approximate surface area is 196 Å². The number of rotatable bonds is 7. The highest BCUT2D eigenvalue weighted by atomic mass is 16.5. The van der Waals surface area contributed by atoms with Crippen molar-refractivity contribution in [3.05, 3.63) is 101 Å². The number of aryl methyl sites for hydroxylation is 1. The molecule has 0 unspecified atom stereocenters. The van der Waals surface area contributed by atoms with Crippen LogP contribution in [-0.2, 0) is 16.0 Å². The first-order valence-electron chi connectivity index (χ1n) is 10.6. The van der Waals surface area contributed by atoms with Gasteiger partial charge in [-0.25, -0.2) is 9.78 Å². The summed E-state index contributed by atoms with van der Waals surface area (Å²) in [4.78, 5) is 31.3. The summed E-state index contributed by atoms with van der Waals surface area (Å²) in [7, 11) is 1.34. The predicted octanol–water partition coefficient (Wildman–Crippen LogP) is 4.20. The Kier molecular flexibility index (Phi) is 6.88. The number of carbonyl (C=O) groups excluding carboxylic acids is 2. The molecule has 2 heterocycles. The highest BCUT2D eigenvalue weighted by molar-refractivity contribution is 6.01. The van der Waals surface area contributed by atoms with Crippen molar-refractivity contribution < 1.29 is 14.3 Å². The maximum Gasteiger partial charge on any atom is 0.330 e. The number of ether oxygens (including phenoxy) is 1. The van der Waals surface area contributed by atoms with Gasteiger partial charge in [-0.1, -0.05) is 42.5 Å². The topological polar surface area (TPSA) is 110 Å². The van der Waals surface area contributed by atoms with Crippen LogP contribution in [0.25, 0.3) is 17.2 Å². The maximum atomic E-state index is 12.7. The monoisotopic (exact) mass is 453 g/mol. The zero-order chi connectivity index (χ0) is 23.9. The molecule has 2 N–H and O–H groups in total. The second kappa shape index (κ2) is 10.4. The van der Waals surface area contributed by atoms with Crippen LogP contribution in [0.2, 0.25) is 0 Å². The standard InChI is InChI=1S/C26H23N5O3/c1-17-8-9-19(10-11-24(32)34-2)14-21(17)20-12-13-27-22(16-20)29-26(33)25-28-23(30-31-25)15-18-6-4-3-5-7-18/h3-14,16H,15H2,1-2H3,(H,27,29,33)(H,28,30,31). The molecule has 0 aliphatic heterocycles. The van der Waals surface area contributed by atoms with Crippen LogP contribution in [-0.4, -0.2) is 39.2 Å². The van der Waals surface area contributed by atoms with Crippen molar-refractivity contribution in [2.24, 2.45) is 0 Å². The van der Waals surface area contributed by atoms with Gasteiger partial charge in [0.05, 0.1) is 7.11 Å². The second-order valence-corrected chi connectivity index (χ2v) is 7.60. The van der Waals surface area contributed by atoms with Crippen LogP contribution in [0, 0.1) is 6.92 Å².